The summed E-state index contributed by atoms with van der Waals surface area (Å²) >= 11 is 7.47. The zero-order valence-electron chi connectivity index (χ0n) is 12.3. The Kier molecular flexibility index (Phi) is 4.77. The minimum atomic E-state index is 0.260. The molecule has 0 aromatic heterocycles. The number of fused-ring (bicyclic) bond motifs is 2. The Morgan fingerprint density at radius 3 is 2.71 bits per heavy atom. The molecule has 21 heavy (non-hydrogen) atoms. The molecule has 0 saturated carbocycles. The summed E-state index contributed by atoms with van der Waals surface area (Å²) in [6, 6.07) is 8.91. The van der Waals surface area contributed by atoms with Gasteiger partial charge in [-0.3, -0.25) is 9.69 Å². The number of halogens is 1. The second-order valence-electron chi connectivity index (χ2n) is 5.92. The van der Waals surface area contributed by atoms with E-state index < -0.39 is 0 Å². The summed E-state index contributed by atoms with van der Waals surface area (Å²) < 4.78 is 0. The highest BCUT2D eigenvalue weighted by molar-refractivity contribution is 8.00. The normalized spacial score (nSPS) is 25.9. The van der Waals surface area contributed by atoms with Crippen molar-refractivity contribution in [2.75, 3.05) is 25.9 Å². The maximum Gasteiger partial charge on any atom is 0.232 e. The molecule has 2 heterocycles. The van der Waals surface area contributed by atoms with E-state index in [1.807, 2.05) is 24.3 Å². The van der Waals surface area contributed by atoms with E-state index >= 15 is 0 Å². The number of rotatable bonds is 3. The van der Waals surface area contributed by atoms with Crippen LogP contribution in [0.25, 0.3) is 0 Å². The maximum absolute atomic E-state index is 12.4. The van der Waals surface area contributed by atoms with Crippen LogP contribution in [-0.2, 0) is 4.79 Å². The first-order valence-electron chi connectivity index (χ1n) is 7.51. The van der Waals surface area contributed by atoms with Crippen LogP contribution < -0.4 is 0 Å². The van der Waals surface area contributed by atoms with Crippen LogP contribution in [-0.4, -0.2) is 53.7 Å². The van der Waals surface area contributed by atoms with Crippen molar-refractivity contribution < 1.29 is 4.79 Å². The molecule has 2 atom stereocenters. The molecule has 114 valence electrons. The fourth-order valence-electron chi connectivity index (χ4n) is 3.30. The van der Waals surface area contributed by atoms with Gasteiger partial charge < -0.3 is 4.90 Å². The molecule has 0 unspecified atom stereocenters. The number of hydrogen-bond donors (Lipinski definition) is 0. The van der Waals surface area contributed by atoms with Gasteiger partial charge in [0.05, 0.1) is 5.75 Å². The van der Waals surface area contributed by atoms with Crippen LogP contribution in [0.2, 0.25) is 5.02 Å². The summed E-state index contributed by atoms with van der Waals surface area (Å²) in [4.78, 5) is 18.1. The highest BCUT2D eigenvalue weighted by atomic mass is 35.5. The third-order valence-electron chi connectivity index (χ3n) is 4.68. The number of likely N-dealkylation sites (N-methyl/N-ethyl adjacent to an activating group) is 1. The highest BCUT2D eigenvalue weighted by Crippen LogP contribution is 2.29. The molecule has 2 saturated heterocycles. The molecular weight excluding hydrogens is 304 g/mol. The lowest BCUT2D eigenvalue weighted by Crippen LogP contribution is -2.40. The van der Waals surface area contributed by atoms with Gasteiger partial charge in [0.1, 0.15) is 0 Å². The molecule has 2 fully saturated rings. The number of hydrogen-bond acceptors (Lipinski definition) is 3. The molecule has 1 amide bonds. The first-order valence-corrected chi connectivity index (χ1v) is 8.88. The lowest BCUT2D eigenvalue weighted by molar-refractivity contribution is -0.128. The summed E-state index contributed by atoms with van der Waals surface area (Å²) in [6.07, 6.45) is 3.64. The lowest BCUT2D eigenvalue weighted by Gasteiger charge is -2.25. The highest BCUT2D eigenvalue weighted by Gasteiger charge is 2.35. The fourth-order valence-corrected chi connectivity index (χ4v) is 4.23. The van der Waals surface area contributed by atoms with Crippen molar-refractivity contribution in [2.45, 2.75) is 36.2 Å². The summed E-state index contributed by atoms with van der Waals surface area (Å²) in [7, 11) is 2.21. The van der Waals surface area contributed by atoms with Gasteiger partial charge in [0.2, 0.25) is 5.91 Å². The Labute approximate surface area is 135 Å². The standard InChI is InChI=1S/C16H21ClN2OS/c1-18-13-4-5-14(18)10-19(9-8-13)16(20)11-21-15-6-2-12(17)3-7-15/h2-3,6-7,13-14H,4-5,8-11H2,1H3/t13-,14+/m1/s1. The van der Waals surface area contributed by atoms with E-state index in [1.165, 1.54) is 12.8 Å². The molecule has 0 spiro atoms. The van der Waals surface area contributed by atoms with Gasteiger partial charge >= 0.3 is 0 Å². The molecule has 5 heteroatoms. The summed E-state index contributed by atoms with van der Waals surface area (Å²) in [5.74, 6) is 0.777. The molecule has 0 N–H and O–H groups in total. The second-order valence-corrected chi connectivity index (χ2v) is 7.41. The molecule has 1 aromatic rings. The van der Waals surface area contributed by atoms with Crippen LogP contribution in [0.3, 0.4) is 0 Å². The topological polar surface area (TPSA) is 23.6 Å². The fraction of sp³-hybridized carbons (Fsp3) is 0.562. The Morgan fingerprint density at radius 2 is 1.95 bits per heavy atom. The van der Waals surface area contributed by atoms with E-state index in [1.54, 1.807) is 11.8 Å². The van der Waals surface area contributed by atoms with Gasteiger partial charge in [-0.15, -0.1) is 11.8 Å². The number of nitrogens with zero attached hydrogens (tertiary/aromatic N) is 2. The van der Waals surface area contributed by atoms with Crippen LogP contribution in [0.5, 0.6) is 0 Å². The number of thioether (sulfide) groups is 1. The smallest absolute Gasteiger partial charge is 0.232 e. The van der Waals surface area contributed by atoms with Crippen LogP contribution in [0.1, 0.15) is 19.3 Å². The molecule has 0 radical (unpaired) electrons. The van der Waals surface area contributed by atoms with Gasteiger partial charge in [0.15, 0.2) is 0 Å². The van der Waals surface area contributed by atoms with E-state index in [0.717, 1.165) is 29.4 Å². The zero-order chi connectivity index (χ0) is 14.8. The molecule has 3 nitrogen and oxygen atoms in total. The predicted molar refractivity (Wildman–Crippen MR) is 87.9 cm³/mol. The minimum Gasteiger partial charge on any atom is -0.340 e. The van der Waals surface area contributed by atoms with E-state index in [9.17, 15) is 4.79 Å². The predicted octanol–water partition coefficient (Wildman–Crippen LogP) is 3.13. The van der Waals surface area contributed by atoms with Gasteiger partial charge in [0.25, 0.3) is 0 Å². The monoisotopic (exact) mass is 324 g/mol. The SMILES string of the molecule is CN1[C@@H]2CC[C@H]1CN(C(=O)CSc1ccc(Cl)cc1)CC2. The molecule has 2 aliphatic rings. The van der Waals surface area contributed by atoms with Crippen molar-refractivity contribution in [1.29, 1.82) is 0 Å². The minimum absolute atomic E-state index is 0.260. The Bertz CT molecular complexity index is 508. The molecule has 1 aromatic carbocycles. The van der Waals surface area contributed by atoms with Crippen LogP contribution >= 0.6 is 23.4 Å². The van der Waals surface area contributed by atoms with E-state index in [-0.39, 0.29) is 5.91 Å². The quantitative estimate of drug-likeness (QED) is 0.798. The van der Waals surface area contributed by atoms with Gasteiger partial charge in [-0.05, 0) is 50.6 Å². The van der Waals surface area contributed by atoms with Crippen molar-refractivity contribution in [3.63, 3.8) is 0 Å². The number of carbonyl (C=O) groups excluding carboxylic acids is 1. The van der Waals surface area contributed by atoms with Gasteiger partial charge in [-0.2, -0.15) is 0 Å². The Balaban J connectivity index is 1.54. The number of carbonyl (C=O) groups is 1. The maximum atomic E-state index is 12.4. The van der Waals surface area contributed by atoms with Crippen molar-refractivity contribution in [3.05, 3.63) is 29.3 Å². The third kappa shape index (κ3) is 3.55. The van der Waals surface area contributed by atoms with Gasteiger partial charge in [-0.1, -0.05) is 11.6 Å². The van der Waals surface area contributed by atoms with Crippen molar-refractivity contribution in [1.82, 2.24) is 9.80 Å². The van der Waals surface area contributed by atoms with E-state index in [0.29, 0.717) is 17.8 Å². The van der Waals surface area contributed by atoms with Crippen molar-refractivity contribution in [3.8, 4) is 0 Å². The average molecular weight is 325 g/mol. The van der Waals surface area contributed by atoms with Crippen molar-refractivity contribution >= 4 is 29.3 Å². The summed E-state index contributed by atoms with van der Waals surface area (Å²) in [5, 5.41) is 0.734. The number of likely N-dealkylation sites (tertiary alicyclic amines) is 1. The third-order valence-corrected chi connectivity index (χ3v) is 5.93. The Morgan fingerprint density at radius 1 is 1.24 bits per heavy atom. The second kappa shape index (κ2) is 6.59. The van der Waals surface area contributed by atoms with Crippen LogP contribution in [0, 0.1) is 0 Å². The summed E-state index contributed by atoms with van der Waals surface area (Å²) in [5.41, 5.74) is 0. The molecule has 3 rings (SSSR count). The first kappa shape index (κ1) is 15.2. The van der Waals surface area contributed by atoms with Crippen LogP contribution in [0.15, 0.2) is 29.2 Å². The van der Waals surface area contributed by atoms with Crippen LogP contribution in [0.4, 0.5) is 0 Å². The number of amides is 1. The number of benzene rings is 1. The molecule has 0 aliphatic carbocycles. The largest absolute Gasteiger partial charge is 0.340 e. The molecule has 2 bridgehead atoms. The average Bonchev–Trinajstić information content (AvgIpc) is 2.71. The van der Waals surface area contributed by atoms with Gasteiger partial charge in [-0.25, -0.2) is 0 Å². The van der Waals surface area contributed by atoms with Gasteiger partial charge in [0, 0.05) is 35.1 Å². The van der Waals surface area contributed by atoms with E-state index in [4.69, 9.17) is 11.6 Å². The Hall–Kier alpha value is -0.710. The molecule has 2 aliphatic heterocycles. The van der Waals surface area contributed by atoms with E-state index in [2.05, 4.69) is 16.8 Å². The first-order chi connectivity index (χ1) is 10.1. The molecular formula is C16H21ClN2OS. The van der Waals surface area contributed by atoms with Crippen molar-refractivity contribution in [2.24, 2.45) is 0 Å². The zero-order valence-corrected chi connectivity index (χ0v) is 13.9. The summed E-state index contributed by atoms with van der Waals surface area (Å²) in [6.45, 7) is 1.80. The lowest BCUT2D eigenvalue weighted by atomic mass is 10.1.